The summed E-state index contributed by atoms with van der Waals surface area (Å²) >= 11 is 0. The van der Waals surface area contributed by atoms with Crippen LogP contribution in [0.4, 0.5) is 0 Å². The molecule has 0 N–H and O–H groups in total. The van der Waals surface area contributed by atoms with Gasteiger partial charge in [0, 0.05) is 44.3 Å². The van der Waals surface area contributed by atoms with E-state index in [1.165, 1.54) is 5.56 Å². The van der Waals surface area contributed by atoms with E-state index in [1.54, 1.807) is 0 Å². The molecule has 1 saturated heterocycles. The molecule has 0 spiro atoms. The van der Waals surface area contributed by atoms with Crippen LogP contribution in [0, 0.1) is 6.92 Å². The van der Waals surface area contributed by atoms with Crippen LogP contribution in [0.25, 0.3) is 11.1 Å². The van der Waals surface area contributed by atoms with Gasteiger partial charge in [-0.15, -0.1) is 0 Å². The van der Waals surface area contributed by atoms with Gasteiger partial charge >= 0.3 is 0 Å². The van der Waals surface area contributed by atoms with Gasteiger partial charge in [0.05, 0.1) is 16.6 Å². The van der Waals surface area contributed by atoms with Crippen LogP contribution in [-0.2, 0) is 6.54 Å². The van der Waals surface area contributed by atoms with Gasteiger partial charge in [-0.25, -0.2) is 4.98 Å². The number of carbonyl (C=O) groups excluding carboxylic acids is 1. The molecule has 2 aromatic heterocycles. The Balaban J connectivity index is 1.34. The highest BCUT2D eigenvalue weighted by atomic mass is 16.5. The minimum absolute atomic E-state index is 0.0694. The highest BCUT2D eigenvalue weighted by molar-refractivity contribution is 6.06. The Morgan fingerprint density at radius 3 is 2.61 bits per heavy atom. The van der Waals surface area contributed by atoms with E-state index in [1.807, 2.05) is 24.0 Å². The number of aryl methyl sites for hydroxylation is 1. The first-order valence-corrected chi connectivity index (χ1v) is 10.0. The summed E-state index contributed by atoms with van der Waals surface area (Å²) in [6.07, 6.45) is 2.27. The lowest BCUT2D eigenvalue weighted by Crippen LogP contribution is -2.48. The summed E-state index contributed by atoms with van der Waals surface area (Å²) in [7, 11) is 0. The summed E-state index contributed by atoms with van der Waals surface area (Å²) in [4.78, 5) is 22.3. The zero-order chi connectivity index (χ0) is 19.1. The molecule has 1 saturated carbocycles. The SMILES string of the molecule is Cc1noc2nc(C3CC3)cc(C(=O)N3CCN(Cc4ccccc4)CC3)c12. The van der Waals surface area contributed by atoms with Crippen LogP contribution in [0.2, 0.25) is 0 Å². The summed E-state index contributed by atoms with van der Waals surface area (Å²) < 4.78 is 5.39. The summed E-state index contributed by atoms with van der Waals surface area (Å²) in [5.41, 5.74) is 4.20. The molecular formula is C22H24N4O2. The zero-order valence-electron chi connectivity index (χ0n) is 16.1. The second-order valence-electron chi connectivity index (χ2n) is 7.87. The maximum Gasteiger partial charge on any atom is 0.259 e. The Kier molecular flexibility index (Phi) is 4.36. The second kappa shape index (κ2) is 7.02. The van der Waals surface area contributed by atoms with E-state index in [0.717, 1.165) is 62.3 Å². The molecule has 144 valence electrons. The average molecular weight is 376 g/mol. The van der Waals surface area contributed by atoms with Gasteiger partial charge in [-0.05, 0) is 31.4 Å². The van der Waals surface area contributed by atoms with Gasteiger partial charge in [-0.2, -0.15) is 0 Å². The van der Waals surface area contributed by atoms with Gasteiger partial charge in [0.25, 0.3) is 11.6 Å². The normalized spacial score (nSPS) is 18.0. The van der Waals surface area contributed by atoms with Crippen molar-refractivity contribution in [3.8, 4) is 0 Å². The molecule has 0 radical (unpaired) electrons. The number of amides is 1. The third-order valence-electron chi connectivity index (χ3n) is 5.77. The van der Waals surface area contributed by atoms with E-state index in [-0.39, 0.29) is 5.91 Å². The monoisotopic (exact) mass is 376 g/mol. The van der Waals surface area contributed by atoms with E-state index >= 15 is 0 Å². The molecule has 3 heterocycles. The molecule has 5 rings (SSSR count). The van der Waals surface area contributed by atoms with Crippen molar-refractivity contribution in [2.24, 2.45) is 0 Å². The number of piperazine rings is 1. The topological polar surface area (TPSA) is 62.5 Å². The third-order valence-corrected chi connectivity index (χ3v) is 5.77. The Bertz CT molecular complexity index is 1000. The molecule has 1 aliphatic carbocycles. The zero-order valence-corrected chi connectivity index (χ0v) is 16.1. The van der Waals surface area contributed by atoms with Crippen LogP contribution < -0.4 is 0 Å². The quantitative estimate of drug-likeness (QED) is 0.699. The largest absolute Gasteiger partial charge is 0.336 e. The number of benzene rings is 1. The molecule has 28 heavy (non-hydrogen) atoms. The van der Waals surface area contributed by atoms with Gasteiger partial charge in [0.2, 0.25) is 0 Å². The maximum atomic E-state index is 13.3. The minimum atomic E-state index is 0.0694. The van der Waals surface area contributed by atoms with Gasteiger partial charge < -0.3 is 9.42 Å². The summed E-state index contributed by atoms with van der Waals surface area (Å²) in [5, 5.41) is 4.81. The first-order valence-electron chi connectivity index (χ1n) is 10.0. The van der Waals surface area contributed by atoms with Crippen LogP contribution in [0.5, 0.6) is 0 Å². The highest BCUT2D eigenvalue weighted by Gasteiger charge is 2.30. The first-order chi connectivity index (χ1) is 13.7. The molecule has 1 aromatic carbocycles. The van der Waals surface area contributed by atoms with Gasteiger partial charge in [-0.3, -0.25) is 9.69 Å². The molecule has 2 aliphatic rings. The second-order valence-corrected chi connectivity index (χ2v) is 7.87. The minimum Gasteiger partial charge on any atom is -0.336 e. The van der Waals surface area contributed by atoms with Crippen molar-refractivity contribution >= 4 is 17.0 Å². The number of fused-ring (bicyclic) bond motifs is 1. The summed E-state index contributed by atoms with van der Waals surface area (Å²) in [5.74, 6) is 0.532. The number of aromatic nitrogens is 2. The lowest BCUT2D eigenvalue weighted by Gasteiger charge is -2.35. The fourth-order valence-electron chi connectivity index (χ4n) is 3.99. The first kappa shape index (κ1) is 17.4. The average Bonchev–Trinajstić information content (AvgIpc) is 3.52. The van der Waals surface area contributed by atoms with E-state index in [0.29, 0.717) is 17.2 Å². The lowest BCUT2D eigenvalue weighted by atomic mass is 10.1. The van der Waals surface area contributed by atoms with E-state index in [4.69, 9.17) is 4.52 Å². The Hall–Kier alpha value is -2.73. The van der Waals surface area contributed by atoms with Crippen LogP contribution in [-0.4, -0.2) is 52.0 Å². The van der Waals surface area contributed by atoms with E-state index in [9.17, 15) is 4.79 Å². The Morgan fingerprint density at radius 2 is 1.89 bits per heavy atom. The van der Waals surface area contributed by atoms with Crippen LogP contribution in [0.3, 0.4) is 0 Å². The van der Waals surface area contributed by atoms with Crippen LogP contribution in [0.15, 0.2) is 40.9 Å². The molecular weight excluding hydrogens is 352 g/mol. The lowest BCUT2D eigenvalue weighted by molar-refractivity contribution is 0.0630. The standard InChI is InChI=1S/C22H24N4O2/c1-15-20-18(13-19(17-7-8-17)23-21(20)28-24-15)22(27)26-11-9-25(10-12-26)14-16-5-3-2-4-6-16/h2-6,13,17H,7-12,14H2,1H3. The van der Waals surface area contributed by atoms with Gasteiger partial charge in [-0.1, -0.05) is 35.5 Å². The molecule has 6 nitrogen and oxygen atoms in total. The fraction of sp³-hybridized carbons (Fsp3) is 0.409. The molecule has 6 heteroatoms. The van der Waals surface area contributed by atoms with E-state index in [2.05, 4.69) is 39.3 Å². The molecule has 2 fully saturated rings. The van der Waals surface area contributed by atoms with Crippen molar-refractivity contribution < 1.29 is 9.32 Å². The van der Waals surface area contributed by atoms with Crippen LogP contribution >= 0.6 is 0 Å². The molecule has 0 unspecified atom stereocenters. The highest BCUT2D eigenvalue weighted by Crippen LogP contribution is 2.40. The number of rotatable bonds is 4. The molecule has 1 aliphatic heterocycles. The van der Waals surface area contributed by atoms with Crippen molar-refractivity contribution in [3.05, 3.63) is 58.9 Å². The van der Waals surface area contributed by atoms with Crippen molar-refractivity contribution in [2.45, 2.75) is 32.2 Å². The third kappa shape index (κ3) is 3.29. The number of carbonyl (C=O) groups is 1. The van der Waals surface area contributed by atoms with Crippen LogP contribution in [0.1, 0.15) is 46.1 Å². The number of hydrogen-bond acceptors (Lipinski definition) is 5. The molecule has 0 atom stereocenters. The van der Waals surface area contributed by atoms with Gasteiger partial charge in [0.1, 0.15) is 0 Å². The Labute approximate surface area is 164 Å². The summed E-state index contributed by atoms with van der Waals surface area (Å²) in [6.45, 7) is 6.04. The van der Waals surface area contributed by atoms with Crippen molar-refractivity contribution in [1.82, 2.24) is 19.9 Å². The summed E-state index contributed by atoms with van der Waals surface area (Å²) in [6, 6.07) is 12.5. The smallest absolute Gasteiger partial charge is 0.259 e. The van der Waals surface area contributed by atoms with Crippen molar-refractivity contribution in [2.75, 3.05) is 26.2 Å². The molecule has 0 bridgehead atoms. The van der Waals surface area contributed by atoms with Crippen molar-refractivity contribution in [1.29, 1.82) is 0 Å². The van der Waals surface area contributed by atoms with Crippen molar-refractivity contribution in [3.63, 3.8) is 0 Å². The number of nitrogens with zero attached hydrogens (tertiary/aromatic N) is 4. The molecule has 3 aromatic rings. The molecule has 1 amide bonds. The fourth-order valence-corrected chi connectivity index (χ4v) is 3.99. The number of hydrogen-bond donors (Lipinski definition) is 0. The van der Waals surface area contributed by atoms with E-state index < -0.39 is 0 Å². The maximum absolute atomic E-state index is 13.3. The number of pyridine rings is 1. The predicted molar refractivity (Wildman–Crippen MR) is 106 cm³/mol. The van der Waals surface area contributed by atoms with Gasteiger partial charge in [0.15, 0.2) is 0 Å². The Morgan fingerprint density at radius 1 is 1.14 bits per heavy atom. The predicted octanol–water partition coefficient (Wildman–Crippen LogP) is 3.37.